The zero-order chi connectivity index (χ0) is 27.1. The number of Topliss-reactive ketones (excluding diaryl/α,β-unsaturated/α-hetero) is 1. The molecule has 1 heterocycles. The van der Waals surface area contributed by atoms with E-state index in [1.54, 1.807) is 12.2 Å². The zero-order valence-electron chi connectivity index (χ0n) is 21.6. The molecule has 1 saturated heterocycles. The Labute approximate surface area is 216 Å². The third-order valence-corrected chi connectivity index (χ3v) is 10.8. The quantitative estimate of drug-likeness (QED) is 0.368. The summed E-state index contributed by atoms with van der Waals surface area (Å²) in [5.74, 6) is -1.83. The Kier molecular flexibility index (Phi) is 6.61. The van der Waals surface area contributed by atoms with Crippen LogP contribution in [0.15, 0.2) is 23.8 Å². The van der Waals surface area contributed by atoms with Crippen LogP contribution < -0.4 is 0 Å². The predicted octanol–water partition coefficient (Wildman–Crippen LogP) is 1.02. The minimum Gasteiger partial charge on any atom is -0.394 e. The third kappa shape index (κ3) is 3.68. The molecule has 0 bridgehead atoms. The molecule has 0 spiro atoms. The molecule has 37 heavy (non-hydrogen) atoms. The summed E-state index contributed by atoms with van der Waals surface area (Å²) in [5.41, 5.74) is -2.17. The number of rotatable bonds is 4. The zero-order valence-corrected chi connectivity index (χ0v) is 21.6. The van der Waals surface area contributed by atoms with Gasteiger partial charge in [0.05, 0.1) is 6.61 Å². The molecule has 3 unspecified atom stereocenters. The van der Waals surface area contributed by atoms with Gasteiger partial charge in [0.15, 0.2) is 11.6 Å². The molecule has 8 nitrogen and oxygen atoms in total. The highest BCUT2D eigenvalue weighted by Crippen LogP contribution is 2.70. The normalized spacial score (nSPS) is 52.1. The van der Waals surface area contributed by atoms with Crippen molar-refractivity contribution in [3.8, 4) is 0 Å². The Balaban J connectivity index is 1.42. The second-order valence-electron chi connectivity index (χ2n) is 12.6. The lowest BCUT2D eigenvalue weighted by Crippen LogP contribution is -2.64. The van der Waals surface area contributed by atoms with Crippen LogP contribution >= 0.6 is 0 Å². The molecule has 0 amide bonds. The molecule has 13 atom stereocenters. The standard InChI is InChI=1S/C28H39FO8/c1-13-10-17-16-5-4-14-11-15(31)6-7-27(14,3)28(16,29)9-8-26(17,2)19(13)21(33)23(35)25-24(36)22(34)20(32)18(12-30)37-25/h6-7,11,13,16-20,22-25,30,32,34-36H,4-5,8-10,12H2,1-3H3/t13?,16-,17-,18+,19+,20-,22-,23?,24+,25?,26-,27-,28+/m0/s1. The molecule has 206 valence electrons. The van der Waals surface area contributed by atoms with E-state index in [4.69, 9.17) is 4.74 Å². The Morgan fingerprint density at radius 3 is 2.54 bits per heavy atom. The molecule has 5 aliphatic rings. The largest absolute Gasteiger partial charge is 0.394 e. The van der Waals surface area contributed by atoms with Crippen molar-refractivity contribution in [2.24, 2.45) is 34.5 Å². The Morgan fingerprint density at radius 1 is 1.16 bits per heavy atom. The van der Waals surface area contributed by atoms with Crippen LogP contribution in [0.1, 0.15) is 52.9 Å². The number of ether oxygens (including phenoxy) is 1. The van der Waals surface area contributed by atoms with E-state index in [1.165, 1.54) is 6.08 Å². The molecule has 1 aliphatic heterocycles. The van der Waals surface area contributed by atoms with Gasteiger partial charge >= 0.3 is 0 Å². The van der Waals surface area contributed by atoms with Crippen molar-refractivity contribution >= 4 is 11.6 Å². The molecule has 0 aromatic carbocycles. The molecule has 4 aliphatic carbocycles. The van der Waals surface area contributed by atoms with Gasteiger partial charge in [0.1, 0.15) is 42.3 Å². The maximum atomic E-state index is 17.1. The van der Waals surface area contributed by atoms with Crippen LogP contribution in [-0.4, -0.2) is 86.0 Å². The summed E-state index contributed by atoms with van der Waals surface area (Å²) in [6.45, 7) is 5.15. The van der Waals surface area contributed by atoms with Crippen molar-refractivity contribution in [2.75, 3.05) is 6.61 Å². The van der Waals surface area contributed by atoms with Gasteiger partial charge in [0.25, 0.3) is 0 Å². The summed E-state index contributed by atoms with van der Waals surface area (Å²) in [6, 6.07) is 0. The maximum absolute atomic E-state index is 17.1. The number of allylic oxidation sites excluding steroid dienone is 4. The first kappa shape index (κ1) is 27.1. The van der Waals surface area contributed by atoms with E-state index < -0.39 is 71.4 Å². The minimum atomic E-state index is -1.78. The van der Waals surface area contributed by atoms with Crippen LogP contribution in [0, 0.1) is 34.5 Å². The highest BCUT2D eigenvalue weighted by Gasteiger charge is 2.68. The van der Waals surface area contributed by atoms with Gasteiger partial charge in [0.2, 0.25) is 0 Å². The fourth-order valence-corrected chi connectivity index (χ4v) is 8.80. The molecule has 0 aromatic rings. The number of aliphatic hydroxyl groups excluding tert-OH is 5. The van der Waals surface area contributed by atoms with Gasteiger partial charge < -0.3 is 30.3 Å². The van der Waals surface area contributed by atoms with Crippen molar-refractivity contribution in [2.45, 2.75) is 95.2 Å². The monoisotopic (exact) mass is 522 g/mol. The number of carbonyl (C=O) groups excluding carboxylic acids is 2. The average molecular weight is 523 g/mol. The van der Waals surface area contributed by atoms with Gasteiger partial charge in [-0.1, -0.05) is 25.5 Å². The second kappa shape index (κ2) is 9.03. The lowest BCUT2D eigenvalue weighted by Gasteiger charge is -2.60. The number of aliphatic hydroxyl groups is 5. The average Bonchev–Trinajstić information content (AvgIpc) is 3.13. The number of carbonyl (C=O) groups is 2. The second-order valence-corrected chi connectivity index (χ2v) is 12.6. The fourth-order valence-electron chi connectivity index (χ4n) is 8.80. The summed E-state index contributed by atoms with van der Waals surface area (Å²) in [5, 5.41) is 51.3. The van der Waals surface area contributed by atoms with E-state index in [-0.39, 0.29) is 30.0 Å². The van der Waals surface area contributed by atoms with Crippen molar-refractivity contribution < 1.29 is 44.2 Å². The highest BCUT2D eigenvalue weighted by atomic mass is 19.1. The molecular formula is C28H39FO8. The Morgan fingerprint density at radius 2 is 1.86 bits per heavy atom. The van der Waals surface area contributed by atoms with Gasteiger partial charge in [0, 0.05) is 11.3 Å². The number of alkyl halides is 1. The van der Waals surface area contributed by atoms with Crippen molar-refractivity contribution in [1.82, 2.24) is 0 Å². The van der Waals surface area contributed by atoms with Gasteiger partial charge in [-0.25, -0.2) is 4.39 Å². The highest BCUT2D eigenvalue weighted by molar-refractivity contribution is 6.01. The first-order chi connectivity index (χ1) is 17.3. The summed E-state index contributed by atoms with van der Waals surface area (Å²) in [7, 11) is 0. The SMILES string of the molecule is CC1C[C@H]2[C@@H]3CCC4=CC(=O)C=C[C@]4(C)[C@@]3(F)CC[C@]2(C)[C@H]1C(=O)C(O)C1O[C@H](CO)[C@H](O)[C@H](O)[C@H]1O. The van der Waals surface area contributed by atoms with Crippen molar-refractivity contribution in [3.63, 3.8) is 0 Å². The summed E-state index contributed by atoms with van der Waals surface area (Å²) in [4.78, 5) is 25.8. The van der Waals surface area contributed by atoms with Crippen molar-refractivity contribution in [1.29, 1.82) is 0 Å². The van der Waals surface area contributed by atoms with Gasteiger partial charge in [-0.3, -0.25) is 9.59 Å². The number of ketones is 2. The molecule has 4 fully saturated rings. The molecule has 3 saturated carbocycles. The molecule has 5 N–H and O–H groups in total. The van der Waals surface area contributed by atoms with E-state index in [0.29, 0.717) is 25.7 Å². The number of halogens is 1. The van der Waals surface area contributed by atoms with E-state index >= 15 is 4.39 Å². The Hall–Kier alpha value is -1.49. The topological polar surface area (TPSA) is 145 Å². The number of hydrogen-bond acceptors (Lipinski definition) is 8. The van der Waals surface area contributed by atoms with Gasteiger partial charge in [-0.2, -0.15) is 0 Å². The summed E-state index contributed by atoms with van der Waals surface area (Å²) in [6.07, 6.45) is -2.27. The van der Waals surface area contributed by atoms with Gasteiger partial charge in [-0.05, 0) is 74.3 Å². The molecule has 9 heteroatoms. The number of fused-ring (bicyclic) bond motifs is 5. The lowest BCUT2D eigenvalue weighted by atomic mass is 9.46. The minimum absolute atomic E-state index is 0.110. The fraction of sp³-hybridized carbons (Fsp3) is 0.786. The molecule has 0 radical (unpaired) electrons. The Bertz CT molecular complexity index is 1030. The third-order valence-electron chi connectivity index (χ3n) is 10.8. The van der Waals surface area contributed by atoms with Crippen LogP contribution in [-0.2, 0) is 14.3 Å². The smallest absolute Gasteiger partial charge is 0.178 e. The van der Waals surface area contributed by atoms with Crippen LogP contribution in [0.2, 0.25) is 0 Å². The predicted molar refractivity (Wildman–Crippen MR) is 130 cm³/mol. The van der Waals surface area contributed by atoms with E-state index in [0.717, 1.165) is 5.57 Å². The maximum Gasteiger partial charge on any atom is 0.178 e. The first-order valence-corrected chi connectivity index (χ1v) is 13.5. The van der Waals surface area contributed by atoms with E-state index in [2.05, 4.69) is 0 Å². The van der Waals surface area contributed by atoms with Crippen molar-refractivity contribution in [3.05, 3.63) is 23.8 Å². The molecule has 5 rings (SSSR count). The van der Waals surface area contributed by atoms with Crippen LogP contribution in [0.4, 0.5) is 4.39 Å². The summed E-state index contributed by atoms with van der Waals surface area (Å²) >= 11 is 0. The van der Waals surface area contributed by atoms with Crippen LogP contribution in [0.25, 0.3) is 0 Å². The van der Waals surface area contributed by atoms with Gasteiger partial charge in [-0.15, -0.1) is 0 Å². The summed E-state index contributed by atoms with van der Waals surface area (Å²) < 4.78 is 22.6. The van der Waals surface area contributed by atoms with Crippen LogP contribution in [0.3, 0.4) is 0 Å². The first-order valence-electron chi connectivity index (χ1n) is 13.5. The van der Waals surface area contributed by atoms with Crippen LogP contribution in [0.5, 0.6) is 0 Å². The number of hydrogen-bond donors (Lipinski definition) is 5. The molecule has 0 aromatic heterocycles. The lowest BCUT2D eigenvalue weighted by molar-refractivity contribution is -0.248. The van der Waals surface area contributed by atoms with E-state index in [9.17, 15) is 35.1 Å². The molecular weight excluding hydrogens is 483 g/mol. The van der Waals surface area contributed by atoms with E-state index in [1.807, 2.05) is 20.8 Å².